The number of hydrogen-bond donors (Lipinski definition) is 1. The van der Waals surface area contributed by atoms with E-state index in [1.807, 2.05) is 4.90 Å². The van der Waals surface area contributed by atoms with Gasteiger partial charge in [-0.05, 0) is 6.92 Å². The van der Waals surface area contributed by atoms with Crippen LogP contribution in [0.25, 0.3) is 0 Å². The van der Waals surface area contributed by atoms with Crippen LogP contribution >= 0.6 is 0 Å². The van der Waals surface area contributed by atoms with E-state index in [0.29, 0.717) is 13.0 Å². The molecule has 1 fully saturated rings. The minimum absolute atomic E-state index is 0.199. The smallest absolute Gasteiger partial charge is 0.224 e. The molecule has 88 valence electrons. The summed E-state index contributed by atoms with van der Waals surface area (Å²) in [5.41, 5.74) is 0. The average molecular weight is 223 g/mol. The van der Waals surface area contributed by atoms with Gasteiger partial charge in [0.25, 0.3) is 0 Å². The number of nitrogens with one attached hydrogen (secondary N) is 1. The molecule has 0 aliphatic carbocycles. The van der Waals surface area contributed by atoms with Crippen LogP contribution in [0.1, 0.15) is 13.3 Å². The Labute approximate surface area is 94.6 Å². The number of carbonyl (C=O) groups excluding carboxylic acids is 1. The van der Waals surface area contributed by atoms with Crippen molar-refractivity contribution in [3.8, 4) is 0 Å². The van der Waals surface area contributed by atoms with Crippen molar-refractivity contribution in [2.75, 3.05) is 19.6 Å². The molecule has 1 aromatic rings. The van der Waals surface area contributed by atoms with E-state index < -0.39 is 0 Å². The third kappa shape index (κ3) is 2.57. The van der Waals surface area contributed by atoms with E-state index in [1.54, 1.807) is 17.1 Å². The quantitative estimate of drug-likeness (QED) is 0.749. The molecule has 0 aromatic carbocycles. The zero-order valence-corrected chi connectivity index (χ0v) is 9.46. The first-order valence-corrected chi connectivity index (χ1v) is 5.61. The summed E-state index contributed by atoms with van der Waals surface area (Å²) in [7, 11) is 0. The summed E-state index contributed by atoms with van der Waals surface area (Å²) >= 11 is 0. The summed E-state index contributed by atoms with van der Waals surface area (Å²) in [5, 5.41) is 10.8. The average Bonchev–Trinajstić information content (AvgIpc) is 2.79. The molecule has 1 N–H and O–H groups in total. The first-order chi connectivity index (χ1) is 7.77. The minimum atomic E-state index is 0.199. The number of piperazine rings is 1. The summed E-state index contributed by atoms with van der Waals surface area (Å²) < 4.78 is 1.69. The molecule has 1 saturated heterocycles. The van der Waals surface area contributed by atoms with Gasteiger partial charge in [0.05, 0.1) is 12.7 Å². The highest BCUT2D eigenvalue weighted by Crippen LogP contribution is 2.05. The van der Waals surface area contributed by atoms with E-state index in [-0.39, 0.29) is 11.9 Å². The number of rotatable bonds is 3. The second-order valence-electron chi connectivity index (χ2n) is 4.06. The lowest BCUT2D eigenvalue weighted by atomic mass is 10.2. The van der Waals surface area contributed by atoms with Crippen LogP contribution in [0.15, 0.2) is 12.4 Å². The Hall–Kier alpha value is -1.43. The Morgan fingerprint density at radius 2 is 2.50 bits per heavy atom. The monoisotopic (exact) mass is 223 g/mol. The normalized spacial score (nSPS) is 21.1. The molecule has 6 heteroatoms. The van der Waals surface area contributed by atoms with Crippen LogP contribution in [0.4, 0.5) is 0 Å². The van der Waals surface area contributed by atoms with Crippen LogP contribution in [-0.4, -0.2) is 51.5 Å². The van der Waals surface area contributed by atoms with Gasteiger partial charge < -0.3 is 10.2 Å². The third-order valence-electron chi connectivity index (χ3n) is 2.85. The van der Waals surface area contributed by atoms with Crippen molar-refractivity contribution < 1.29 is 4.79 Å². The molecule has 16 heavy (non-hydrogen) atoms. The lowest BCUT2D eigenvalue weighted by Gasteiger charge is -2.34. The fraction of sp³-hybridized carbons (Fsp3) is 0.700. The maximum Gasteiger partial charge on any atom is 0.224 e. The summed E-state index contributed by atoms with van der Waals surface area (Å²) in [4.78, 5) is 13.9. The number of aryl methyl sites for hydroxylation is 1. The Morgan fingerprint density at radius 1 is 1.62 bits per heavy atom. The zero-order valence-electron chi connectivity index (χ0n) is 9.46. The molecule has 1 amide bonds. The third-order valence-corrected chi connectivity index (χ3v) is 2.85. The van der Waals surface area contributed by atoms with Crippen molar-refractivity contribution in [1.29, 1.82) is 0 Å². The fourth-order valence-electron chi connectivity index (χ4n) is 1.92. The van der Waals surface area contributed by atoms with Crippen molar-refractivity contribution >= 4 is 5.91 Å². The lowest BCUT2D eigenvalue weighted by molar-refractivity contribution is -0.134. The Bertz CT molecular complexity index is 337. The number of hydrogen-bond acceptors (Lipinski definition) is 4. The number of aromatic nitrogens is 3. The highest BCUT2D eigenvalue weighted by molar-refractivity contribution is 5.76. The lowest BCUT2D eigenvalue weighted by Crippen LogP contribution is -2.52. The van der Waals surface area contributed by atoms with Crippen LogP contribution < -0.4 is 5.32 Å². The van der Waals surface area contributed by atoms with E-state index in [0.717, 1.165) is 19.6 Å². The van der Waals surface area contributed by atoms with Crippen molar-refractivity contribution in [3.63, 3.8) is 0 Å². The van der Waals surface area contributed by atoms with Crippen molar-refractivity contribution in [1.82, 2.24) is 25.2 Å². The summed E-state index contributed by atoms with van der Waals surface area (Å²) in [6, 6.07) is 0.289. The zero-order chi connectivity index (χ0) is 11.4. The number of carbonyl (C=O) groups is 1. The molecule has 0 spiro atoms. The Morgan fingerprint density at radius 3 is 3.19 bits per heavy atom. The van der Waals surface area contributed by atoms with Gasteiger partial charge in [0.15, 0.2) is 0 Å². The first kappa shape index (κ1) is 11.1. The van der Waals surface area contributed by atoms with E-state index in [2.05, 4.69) is 22.6 Å². The van der Waals surface area contributed by atoms with Crippen molar-refractivity contribution in [2.45, 2.75) is 25.9 Å². The van der Waals surface area contributed by atoms with Gasteiger partial charge in [-0.2, -0.15) is 0 Å². The highest BCUT2D eigenvalue weighted by Gasteiger charge is 2.22. The molecule has 0 bridgehead atoms. The predicted molar refractivity (Wildman–Crippen MR) is 58.7 cm³/mol. The van der Waals surface area contributed by atoms with Crippen LogP contribution in [0.5, 0.6) is 0 Å². The van der Waals surface area contributed by atoms with Crippen LogP contribution in [0, 0.1) is 0 Å². The molecular formula is C10H17N5O. The molecule has 1 aliphatic rings. The SMILES string of the molecule is CC1CNCCN1C(=O)CCn1ccnn1. The van der Waals surface area contributed by atoms with E-state index in [9.17, 15) is 4.79 Å². The maximum absolute atomic E-state index is 11.9. The van der Waals surface area contributed by atoms with Gasteiger partial charge in [-0.25, -0.2) is 0 Å². The molecule has 0 saturated carbocycles. The van der Waals surface area contributed by atoms with Gasteiger partial charge in [0.2, 0.25) is 5.91 Å². The summed E-state index contributed by atoms with van der Waals surface area (Å²) in [6.07, 6.45) is 3.89. The maximum atomic E-state index is 11.9. The van der Waals surface area contributed by atoms with Gasteiger partial charge in [0, 0.05) is 38.3 Å². The van der Waals surface area contributed by atoms with E-state index >= 15 is 0 Å². The molecule has 2 heterocycles. The Kier molecular flexibility index (Phi) is 3.51. The number of nitrogens with zero attached hydrogens (tertiary/aromatic N) is 4. The molecule has 1 aliphatic heterocycles. The summed E-state index contributed by atoms with van der Waals surface area (Å²) in [6.45, 7) is 5.25. The van der Waals surface area contributed by atoms with Gasteiger partial charge >= 0.3 is 0 Å². The molecule has 1 aromatic heterocycles. The van der Waals surface area contributed by atoms with E-state index in [1.165, 1.54) is 0 Å². The molecule has 1 atom stereocenters. The number of amides is 1. The predicted octanol–water partition coefficient (Wildman–Crippen LogP) is -0.511. The van der Waals surface area contributed by atoms with Crippen LogP contribution in [0.2, 0.25) is 0 Å². The summed E-state index contributed by atoms with van der Waals surface area (Å²) in [5.74, 6) is 0.199. The molecular weight excluding hydrogens is 206 g/mol. The second kappa shape index (κ2) is 5.07. The van der Waals surface area contributed by atoms with Gasteiger partial charge in [-0.15, -0.1) is 5.10 Å². The van der Waals surface area contributed by atoms with E-state index in [4.69, 9.17) is 0 Å². The largest absolute Gasteiger partial charge is 0.337 e. The van der Waals surface area contributed by atoms with Gasteiger partial charge in [-0.3, -0.25) is 9.48 Å². The van der Waals surface area contributed by atoms with Crippen LogP contribution in [-0.2, 0) is 11.3 Å². The molecule has 1 unspecified atom stereocenters. The molecule has 2 rings (SSSR count). The van der Waals surface area contributed by atoms with Crippen molar-refractivity contribution in [2.24, 2.45) is 0 Å². The minimum Gasteiger partial charge on any atom is -0.337 e. The van der Waals surface area contributed by atoms with Gasteiger partial charge in [0.1, 0.15) is 0 Å². The highest BCUT2D eigenvalue weighted by atomic mass is 16.2. The molecule has 0 radical (unpaired) electrons. The van der Waals surface area contributed by atoms with Crippen LogP contribution in [0.3, 0.4) is 0 Å². The van der Waals surface area contributed by atoms with Gasteiger partial charge in [-0.1, -0.05) is 5.21 Å². The Balaban J connectivity index is 1.83. The first-order valence-electron chi connectivity index (χ1n) is 5.61. The standard InChI is InChI=1S/C10H17N5O/c1-9-8-11-3-7-15(9)10(16)2-5-14-6-4-12-13-14/h4,6,9,11H,2-3,5,7-8H2,1H3. The molecule has 6 nitrogen and oxygen atoms in total. The fourth-order valence-corrected chi connectivity index (χ4v) is 1.92. The van der Waals surface area contributed by atoms with Crippen molar-refractivity contribution in [3.05, 3.63) is 12.4 Å². The topological polar surface area (TPSA) is 63.1 Å². The second-order valence-corrected chi connectivity index (χ2v) is 4.06.